The van der Waals surface area contributed by atoms with E-state index in [1.165, 1.54) is 148 Å². The number of carbonyl (C=O) groups is 2. The van der Waals surface area contributed by atoms with Gasteiger partial charge in [0.05, 0.1) is 25.2 Å². The Bertz CT molecular complexity index is 977. The first kappa shape index (κ1) is 57.1. The molecule has 346 valence electrons. The van der Waals surface area contributed by atoms with E-state index >= 15 is 0 Å². The number of unbranched alkanes of at least 4 members (excludes halogenated alkanes) is 29. The average Bonchev–Trinajstić information content (AvgIpc) is 3.23. The molecule has 0 bridgehead atoms. The number of esters is 1. The van der Waals surface area contributed by atoms with Crippen LogP contribution in [0.3, 0.4) is 0 Å². The maximum absolute atomic E-state index is 13.2. The third kappa shape index (κ3) is 42.6. The Morgan fingerprint density at radius 2 is 0.864 bits per heavy atom. The van der Waals surface area contributed by atoms with Gasteiger partial charge in [-0.25, -0.2) is 0 Å². The average molecular weight is 830 g/mol. The predicted octanol–water partition coefficient (Wildman–Crippen LogP) is 15.3. The number of aliphatic hydroxyl groups is 2. The van der Waals surface area contributed by atoms with Crippen molar-refractivity contribution in [1.82, 2.24) is 5.32 Å². The van der Waals surface area contributed by atoms with Crippen molar-refractivity contribution in [3.63, 3.8) is 0 Å². The Morgan fingerprint density at radius 1 is 0.492 bits per heavy atom. The van der Waals surface area contributed by atoms with Gasteiger partial charge in [0, 0.05) is 6.42 Å². The van der Waals surface area contributed by atoms with Crippen LogP contribution < -0.4 is 5.32 Å². The number of allylic oxidation sites excluding steroid dienone is 6. The minimum Gasteiger partial charge on any atom is -0.462 e. The smallest absolute Gasteiger partial charge is 0.306 e. The highest BCUT2D eigenvalue weighted by atomic mass is 16.5. The predicted molar refractivity (Wildman–Crippen MR) is 255 cm³/mol. The van der Waals surface area contributed by atoms with Crippen LogP contribution in [-0.4, -0.2) is 46.9 Å². The van der Waals surface area contributed by atoms with Crippen LogP contribution in [0.2, 0.25) is 0 Å². The molecule has 0 spiro atoms. The molecule has 1 amide bonds. The van der Waals surface area contributed by atoms with Crippen molar-refractivity contribution in [2.75, 3.05) is 6.61 Å². The Balaban J connectivity index is 4.61. The summed E-state index contributed by atoms with van der Waals surface area (Å²) in [5.74, 6) is -0.496. The van der Waals surface area contributed by atoms with Gasteiger partial charge in [-0.1, -0.05) is 211 Å². The van der Waals surface area contributed by atoms with Crippen molar-refractivity contribution in [2.45, 2.75) is 283 Å². The fraction of sp³-hybridized carbons (Fsp3) is 0.849. The molecule has 6 heteroatoms. The monoisotopic (exact) mass is 830 g/mol. The highest BCUT2D eigenvalue weighted by molar-refractivity contribution is 5.77. The van der Waals surface area contributed by atoms with Crippen LogP contribution in [0.4, 0.5) is 0 Å². The normalized spacial score (nSPS) is 13.5. The topological polar surface area (TPSA) is 95.9 Å². The molecule has 59 heavy (non-hydrogen) atoms. The zero-order chi connectivity index (χ0) is 43.1. The summed E-state index contributed by atoms with van der Waals surface area (Å²) >= 11 is 0. The number of carbonyl (C=O) groups excluding carboxylic acids is 2. The first-order valence-corrected chi connectivity index (χ1v) is 25.7. The van der Waals surface area contributed by atoms with Crippen molar-refractivity contribution in [3.05, 3.63) is 36.5 Å². The summed E-state index contributed by atoms with van der Waals surface area (Å²) in [6, 6.07) is -0.705. The zero-order valence-corrected chi connectivity index (χ0v) is 39.4. The van der Waals surface area contributed by atoms with Crippen LogP contribution >= 0.6 is 0 Å². The van der Waals surface area contributed by atoms with Gasteiger partial charge < -0.3 is 20.3 Å². The lowest BCUT2D eigenvalue weighted by Crippen LogP contribution is -2.46. The number of hydrogen-bond acceptors (Lipinski definition) is 5. The van der Waals surface area contributed by atoms with Crippen molar-refractivity contribution in [1.29, 1.82) is 0 Å². The lowest BCUT2D eigenvalue weighted by molar-refractivity contribution is -0.151. The van der Waals surface area contributed by atoms with Crippen LogP contribution in [0, 0.1) is 0 Å². The molecule has 0 saturated heterocycles. The summed E-state index contributed by atoms with van der Waals surface area (Å²) in [5, 5.41) is 23.7. The van der Waals surface area contributed by atoms with Crippen molar-refractivity contribution >= 4 is 11.9 Å². The Hall–Kier alpha value is -1.92. The summed E-state index contributed by atoms with van der Waals surface area (Å²) in [7, 11) is 0. The van der Waals surface area contributed by atoms with E-state index in [9.17, 15) is 19.8 Å². The van der Waals surface area contributed by atoms with Gasteiger partial charge in [-0.15, -0.1) is 0 Å². The Labute approximate surface area is 366 Å². The third-order valence-corrected chi connectivity index (χ3v) is 11.7. The summed E-state index contributed by atoms with van der Waals surface area (Å²) in [5.41, 5.74) is 0. The maximum Gasteiger partial charge on any atom is 0.306 e. The summed E-state index contributed by atoms with van der Waals surface area (Å²) in [4.78, 5) is 26.1. The van der Waals surface area contributed by atoms with Gasteiger partial charge in [0.15, 0.2) is 0 Å². The number of aliphatic hydroxyl groups excluding tert-OH is 2. The van der Waals surface area contributed by atoms with Gasteiger partial charge in [0.2, 0.25) is 5.91 Å². The zero-order valence-electron chi connectivity index (χ0n) is 39.4. The molecular weight excluding hydrogens is 731 g/mol. The van der Waals surface area contributed by atoms with E-state index < -0.39 is 18.2 Å². The second-order valence-corrected chi connectivity index (χ2v) is 17.6. The van der Waals surface area contributed by atoms with E-state index in [0.717, 1.165) is 70.6 Å². The first-order chi connectivity index (χ1) is 29.0. The molecule has 0 aromatic rings. The second kappa shape index (κ2) is 47.1. The molecule has 0 heterocycles. The molecule has 0 aromatic heterocycles. The Morgan fingerprint density at radius 3 is 1.36 bits per heavy atom. The molecule has 0 aliphatic rings. The largest absolute Gasteiger partial charge is 0.462 e. The van der Waals surface area contributed by atoms with E-state index in [2.05, 4.69) is 62.5 Å². The van der Waals surface area contributed by atoms with Gasteiger partial charge in [-0.3, -0.25) is 9.59 Å². The molecule has 0 saturated carbocycles. The van der Waals surface area contributed by atoms with Gasteiger partial charge in [-0.2, -0.15) is 0 Å². The minimum absolute atomic E-state index is 0.0642. The summed E-state index contributed by atoms with van der Waals surface area (Å²) in [6.07, 6.45) is 54.9. The number of nitrogens with one attached hydrogen (secondary N) is 1. The summed E-state index contributed by atoms with van der Waals surface area (Å²) in [6.45, 7) is 6.44. The molecule has 0 aromatic carbocycles. The molecule has 3 N–H and O–H groups in total. The molecule has 3 atom stereocenters. The number of amides is 1. The first-order valence-electron chi connectivity index (χ1n) is 25.7. The number of rotatable bonds is 46. The fourth-order valence-corrected chi connectivity index (χ4v) is 7.77. The molecule has 0 rings (SSSR count). The minimum atomic E-state index is -0.790. The lowest BCUT2D eigenvalue weighted by atomic mass is 10.0. The second-order valence-electron chi connectivity index (χ2n) is 17.6. The van der Waals surface area contributed by atoms with Crippen LogP contribution in [-0.2, 0) is 14.3 Å². The maximum atomic E-state index is 13.2. The quantitative estimate of drug-likeness (QED) is 0.0246. The highest BCUT2D eigenvalue weighted by Crippen LogP contribution is 2.17. The SMILES string of the molecule is CCCCC/C=C/C=C/CCCCCCCCC(=O)OC(CCCCC/C=C/CCCCCCCCCCC)CC(=O)NC(CO)C(O)CCCCCCCCCCC. The van der Waals surface area contributed by atoms with Crippen molar-refractivity contribution in [3.8, 4) is 0 Å². The van der Waals surface area contributed by atoms with E-state index in [0.29, 0.717) is 19.3 Å². The standard InChI is InChI=1S/C53H99NO5/c1-4-7-10-13-16-19-21-23-25-27-28-30-33-35-38-41-44-49(47-52(57)54-50(48-55)51(56)45-42-39-36-32-18-15-12-9-6-3)59-53(58)46-43-40-37-34-31-29-26-24-22-20-17-14-11-8-5-2/h17,20,22,24,28,30,49-51,55-56H,4-16,18-19,21,23,25-27,29,31-48H2,1-3H3,(H,54,57)/b20-17+,24-22+,30-28+. The van der Waals surface area contributed by atoms with Crippen LogP contribution in [0.5, 0.6) is 0 Å². The fourth-order valence-electron chi connectivity index (χ4n) is 7.77. The molecule has 3 unspecified atom stereocenters. The van der Waals surface area contributed by atoms with Gasteiger partial charge in [0.1, 0.15) is 6.10 Å². The van der Waals surface area contributed by atoms with Crippen molar-refractivity contribution in [2.24, 2.45) is 0 Å². The van der Waals surface area contributed by atoms with Gasteiger partial charge >= 0.3 is 5.97 Å². The Kier molecular flexibility index (Phi) is 45.6. The van der Waals surface area contributed by atoms with Crippen LogP contribution in [0.1, 0.15) is 265 Å². The van der Waals surface area contributed by atoms with Crippen LogP contribution in [0.15, 0.2) is 36.5 Å². The third-order valence-electron chi connectivity index (χ3n) is 11.7. The van der Waals surface area contributed by atoms with E-state index in [1.54, 1.807) is 0 Å². The number of ether oxygens (including phenoxy) is 1. The molecule has 0 radical (unpaired) electrons. The molecular formula is C53H99NO5. The lowest BCUT2D eigenvalue weighted by Gasteiger charge is -2.24. The molecule has 0 aliphatic heterocycles. The molecule has 0 aliphatic carbocycles. The highest BCUT2D eigenvalue weighted by Gasteiger charge is 2.24. The van der Waals surface area contributed by atoms with E-state index in [1.807, 2.05) is 0 Å². The van der Waals surface area contributed by atoms with Gasteiger partial charge in [0.25, 0.3) is 0 Å². The summed E-state index contributed by atoms with van der Waals surface area (Å²) < 4.78 is 5.92. The van der Waals surface area contributed by atoms with Crippen molar-refractivity contribution < 1.29 is 24.5 Å². The molecule has 0 fully saturated rings. The number of hydrogen-bond donors (Lipinski definition) is 3. The van der Waals surface area contributed by atoms with Crippen LogP contribution in [0.25, 0.3) is 0 Å². The van der Waals surface area contributed by atoms with E-state index in [4.69, 9.17) is 4.74 Å². The van der Waals surface area contributed by atoms with E-state index in [-0.39, 0.29) is 24.9 Å². The van der Waals surface area contributed by atoms with Gasteiger partial charge in [-0.05, 0) is 77.0 Å². The molecule has 6 nitrogen and oxygen atoms in total.